The summed E-state index contributed by atoms with van der Waals surface area (Å²) in [7, 11) is 0. The lowest BCUT2D eigenvalue weighted by molar-refractivity contribution is 0.303. The number of rotatable bonds is 6. The molecule has 0 N–H and O–H groups in total. The van der Waals surface area contributed by atoms with Gasteiger partial charge < -0.3 is 4.74 Å². The zero-order valence-electron chi connectivity index (χ0n) is 8.55. The molecule has 0 saturated heterocycles. The zero-order valence-corrected chi connectivity index (χ0v) is 8.55. The van der Waals surface area contributed by atoms with Gasteiger partial charge in [0.1, 0.15) is 11.6 Å². The molecule has 1 aromatic rings. The Bertz CT molecular complexity index is 260. The highest BCUT2D eigenvalue weighted by Crippen LogP contribution is 2.12. The van der Waals surface area contributed by atoms with E-state index in [1.54, 1.807) is 6.07 Å². The third kappa shape index (κ3) is 4.26. The van der Waals surface area contributed by atoms with E-state index in [9.17, 15) is 4.39 Å². The van der Waals surface area contributed by atoms with Crippen molar-refractivity contribution in [3.63, 3.8) is 0 Å². The number of halogens is 1. The highest BCUT2D eigenvalue weighted by molar-refractivity contribution is 5.21. The number of unbranched alkanes of at least 4 members (excludes halogenated alkanes) is 3. The fourth-order valence-corrected chi connectivity index (χ4v) is 1.23. The van der Waals surface area contributed by atoms with Gasteiger partial charge in [0.15, 0.2) is 0 Å². The number of hydrogen-bond acceptors (Lipinski definition) is 1. The molecule has 0 amide bonds. The van der Waals surface area contributed by atoms with Crippen LogP contribution in [0.4, 0.5) is 4.39 Å². The first-order valence-electron chi connectivity index (χ1n) is 5.13. The fraction of sp³-hybridized carbons (Fsp3) is 0.500. The van der Waals surface area contributed by atoms with Crippen LogP contribution in [0.5, 0.6) is 5.75 Å². The van der Waals surface area contributed by atoms with Crippen molar-refractivity contribution >= 4 is 0 Å². The Hall–Kier alpha value is -1.05. The molecule has 14 heavy (non-hydrogen) atoms. The third-order valence-electron chi connectivity index (χ3n) is 2.00. The van der Waals surface area contributed by atoms with Crippen molar-refractivity contribution in [3.05, 3.63) is 30.1 Å². The predicted molar refractivity (Wildman–Crippen MR) is 54.9 cm³/mol. The van der Waals surface area contributed by atoms with Crippen LogP contribution in [-0.4, -0.2) is 6.61 Å². The first-order valence-corrected chi connectivity index (χ1v) is 5.13. The summed E-state index contributed by atoms with van der Waals surface area (Å²) in [5.41, 5.74) is 0. The van der Waals surface area contributed by atoms with Crippen molar-refractivity contribution in [1.29, 1.82) is 0 Å². The van der Waals surface area contributed by atoms with Crippen LogP contribution in [-0.2, 0) is 0 Å². The molecule has 0 aromatic heterocycles. The van der Waals surface area contributed by atoms with Crippen LogP contribution in [0.2, 0.25) is 0 Å². The lowest BCUT2D eigenvalue weighted by Gasteiger charge is -2.05. The summed E-state index contributed by atoms with van der Waals surface area (Å²) >= 11 is 0. The van der Waals surface area contributed by atoms with E-state index in [1.807, 2.05) is 0 Å². The molecule has 0 saturated carbocycles. The van der Waals surface area contributed by atoms with E-state index >= 15 is 0 Å². The second kappa shape index (κ2) is 6.41. The van der Waals surface area contributed by atoms with E-state index in [0.717, 1.165) is 6.42 Å². The average molecular weight is 195 g/mol. The molecular weight excluding hydrogens is 179 g/mol. The van der Waals surface area contributed by atoms with Crippen molar-refractivity contribution in [3.8, 4) is 5.75 Å². The van der Waals surface area contributed by atoms with Gasteiger partial charge in [0.05, 0.1) is 6.61 Å². The monoisotopic (exact) mass is 195 g/mol. The average Bonchev–Trinajstić information content (AvgIpc) is 2.18. The van der Waals surface area contributed by atoms with Crippen molar-refractivity contribution in [2.24, 2.45) is 0 Å². The highest BCUT2D eigenvalue weighted by atomic mass is 19.1. The van der Waals surface area contributed by atoms with Crippen molar-refractivity contribution < 1.29 is 9.13 Å². The smallest absolute Gasteiger partial charge is 0.134 e. The molecule has 0 atom stereocenters. The first-order chi connectivity index (χ1) is 6.83. The van der Waals surface area contributed by atoms with Gasteiger partial charge in [-0.1, -0.05) is 26.2 Å². The molecule has 0 aliphatic heterocycles. The van der Waals surface area contributed by atoms with Gasteiger partial charge in [-0.3, -0.25) is 0 Å². The second-order valence-corrected chi connectivity index (χ2v) is 3.28. The summed E-state index contributed by atoms with van der Waals surface area (Å²) in [6, 6.07) is 7.06. The van der Waals surface area contributed by atoms with E-state index in [2.05, 4.69) is 13.0 Å². The topological polar surface area (TPSA) is 9.23 Å². The maximum atomic E-state index is 12.7. The largest absolute Gasteiger partial charge is 0.493 e. The van der Waals surface area contributed by atoms with Crippen molar-refractivity contribution in [2.75, 3.05) is 6.61 Å². The fourth-order valence-electron chi connectivity index (χ4n) is 1.23. The molecule has 77 valence electrons. The second-order valence-electron chi connectivity index (χ2n) is 3.28. The van der Waals surface area contributed by atoms with Gasteiger partial charge in [-0.2, -0.15) is 0 Å². The van der Waals surface area contributed by atoms with Crippen LogP contribution < -0.4 is 4.74 Å². The van der Waals surface area contributed by atoms with Crippen LogP contribution >= 0.6 is 0 Å². The number of hydrogen-bond donors (Lipinski definition) is 0. The molecule has 1 radical (unpaired) electrons. The minimum Gasteiger partial charge on any atom is -0.493 e. The van der Waals surface area contributed by atoms with Gasteiger partial charge in [0.2, 0.25) is 0 Å². The Morgan fingerprint density at radius 3 is 2.93 bits per heavy atom. The molecule has 1 aromatic carbocycles. The summed E-state index contributed by atoms with van der Waals surface area (Å²) < 4.78 is 18.0. The maximum Gasteiger partial charge on any atom is 0.134 e. The Morgan fingerprint density at radius 1 is 1.36 bits per heavy atom. The normalized spacial score (nSPS) is 10.1. The number of benzene rings is 1. The Kier molecular flexibility index (Phi) is 5.05. The summed E-state index contributed by atoms with van der Waals surface area (Å²) in [5, 5.41) is 0. The molecule has 0 fully saturated rings. The highest BCUT2D eigenvalue weighted by Gasteiger charge is 1.95. The molecular formula is C12H16FO. The van der Waals surface area contributed by atoms with E-state index in [0.29, 0.717) is 12.4 Å². The van der Waals surface area contributed by atoms with Crippen molar-refractivity contribution in [2.45, 2.75) is 32.6 Å². The Labute approximate surface area is 84.9 Å². The quantitative estimate of drug-likeness (QED) is 0.630. The number of ether oxygens (including phenoxy) is 1. The Morgan fingerprint density at radius 2 is 2.21 bits per heavy atom. The molecule has 0 bridgehead atoms. The molecule has 0 unspecified atom stereocenters. The predicted octanol–water partition coefficient (Wildman–Crippen LogP) is 3.58. The molecule has 0 heterocycles. The Balaban J connectivity index is 2.18. The summed E-state index contributed by atoms with van der Waals surface area (Å²) in [5.74, 6) is 0.230. The minimum absolute atomic E-state index is 0.365. The molecule has 1 rings (SSSR count). The molecule has 0 aliphatic carbocycles. The van der Waals surface area contributed by atoms with Gasteiger partial charge in [0, 0.05) is 12.1 Å². The molecule has 1 nitrogen and oxygen atoms in total. The van der Waals surface area contributed by atoms with E-state index in [4.69, 9.17) is 4.74 Å². The summed E-state index contributed by atoms with van der Waals surface area (Å²) in [6.07, 6.45) is 4.67. The van der Waals surface area contributed by atoms with Crippen LogP contribution in [0.25, 0.3) is 0 Å². The molecule has 0 aliphatic rings. The SMILES string of the molecule is CCCCCCOc1cc[c]c(F)c1. The van der Waals surface area contributed by atoms with E-state index < -0.39 is 0 Å². The van der Waals surface area contributed by atoms with Gasteiger partial charge >= 0.3 is 0 Å². The van der Waals surface area contributed by atoms with E-state index in [1.165, 1.54) is 31.4 Å². The molecule has 2 heteroatoms. The van der Waals surface area contributed by atoms with Crippen LogP contribution in [0.3, 0.4) is 0 Å². The lowest BCUT2D eigenvalue weighted by atomic mass is 10.2. The summed E-state index contributed by atoms with van der Waals surface area (Å²) in [6.45, 7) is 2.84. The van der Waals surface area contributed by atoms with E-state index in [-0.39, 0.29) is 5.82 Å². The standard InChI is InChI=1S/C12H16FO/c1-2-3-4-5-9-14-12-8-6-7-11(13)10-12/h6,8,10H,2-5,9H2,1H3. The minimum atomic E-state index is -0.365. The van der Waals surface area contributed by atoms with Crippen molar-refractivity contribution in [1.82, 2.24) is 0 Å². The third-order valence-corrected chi connectivity index (χ3v) is 2.00. The van der Waals surface area contributed by atoms with Gasteiger partial charge in [-0.05, 0) is 18.6 Å². The maximum absolute atomic E-state index is 12.7. The zero-order chi connectivity index (χ0) is 10.2. The molecule has 0 spiro atoms. The van der Waals surface area contributed by atoms with Crippen LogP contribution in [0.15, 0.2) is 18.2 Å². The van der Waals surface area contributed by atoms with Gasteiger partial charge in [-0.25, -0.2) is 4.39 Å². The lowest BCUT2D eigenvalue weighted by Crippen LogP contribution is -1.97. The van der Waals surface area contributed by atoms with Crippen LogP contribution in [0.1, 0.15) is 32.6 Å². The van der Waals surface area contributed by atoms with Gasteiger partial charge in [-0.15, -0.1) is 0 Å². The van der Waals surface area contributed by atoms with Gasteiger partial charge in [0.25, 0.3) is 0 Å². The summed E-state index contributed by atoms with van der Waals surface area (Å²) in [4.78, 5) is 0. The first kappa shape index (κ1) is 11.0. The van der Waals surface area contributed by atoms with Crippen LogP contribution in [0, 0.1) is 11.9 Å².